The van der Waals surface area contributed by atoms with Crippen LogP contribution >= 0.6 is 0 Å². The second-order valence-electron chi connectivity index (χ2n) is 1.53. The summed E-state index contributed by atoms with van der Waals surface area (Å²) in [5, 5.41) is 8.21. The van der Waals surface area contributed by atoms with E-state index >= 15 is 0 Å². The molecule has 1 N–H and O–H groups in total. The van der Waals surface area contributed by atoms with E-state index < -0.39 is 12.0 Å². The molecule has 46 valence electrons. The molecule has 0 heterocycles. The van der Waals surface area contributed by atoms with Crippen molar-refractivity contribution in [3.63, 3.8) is 0 Å². The molecule has 0 saturated carbocycles. The summed E-state index contributed by atoms with van der Waals surface area (Å²) in [6.07, 6.45) is 2.52. The number of hydrogen-bond donors (Lipinski definition) is 1. The predicted octanol–water partition coefficient (Wildman–Crippen LogP) is 0.636. The number of hydrogen-bond acceptors (Lipinski definition) is 1. The van der Waals surface area contributed by atoms with Crippen LogP contribution in [0.15, 0.2) is 0 Å². The van der Waals surface area contributed by atoms with Gasteiger partial charge in [0.15, 0.2) is 6.10 Å². The zero-order valence-corrected chi connectivity index (χ0v) is 4.36. The Hall–Kier alpha value is -0.620. The van der Waals surface area contributed by atoms with Gasteiger partial charge >= 0.3 is 0 Å². The Kier molecular flexibility index (Phi) is 1.94. The van der Waals surface area contributed by atoms with Crippen molar-refractivity contribution in [3.8, 4) is 12.3 Å². The molecule has 0 aliphatic heterocycles. The van der Waals surface area contributed by atoms with Gasteiger partial charge in [-0.25, -0.2) is 8.78 Å². The number of alkyl halides is 2. The van der Waals surface area contributed by atoms with Crippen LogP contribution in [-0.2, 0) is 0 Å². The Morgan fingerprint density at radius 3 is 2.12 bits per heavy atom. The summed E-state index contributed by atoms with van der Waals surface area (Å²) < 4.78 is 23.4. The van der Waals surface area contributed by atoms with Gasteiger partial charge in [-0.2, -0.15) is 0 Å². The van der Waals surface area contributed by atoms with Crippen LogP contribution in [0, 0.1) is 12.3 Å². The fourth-order valence-corrected chi connectivity index (χ4v) is 0.146. The van der Waals surface area contributed by atoms with Crippen molar-refractivity contribution < 1.29 is 13.9 Å². The molecule has 0 aromatic carbocycles. The second-order valence-corrected chi connectivity index (χ2v) is 1.53. The first-order chi connectivity index (χ1) is 3.48. The highest BCUT2D eigenvalue weighted by atomic mass is 19.3. The molecule has 0 aliphatic carbocycles. The Morgan fingerprint density at radius 1 is 1.75 bits per heavy atom. The molecule has 0 fully saturated rings. The van der Waals surface area contributed by atoms with Crippen molar-refractivity contribution >= 4 is 0 Å². The molecule has 0 bridgehead atoms. The van der Waals surface area contributed by atoms with Gasteiger partial charge in [0.25, 0.3) is 5.92 Å². The molecule has 0 aromatic heterocycles. The monoisotopic (exact) mass is 120 g/mol. The number of aliphatic hydroxyl groups is 1. The van der Waals surface area contributed by atoms with E-state index in [0.717, 1.165) is 0 Å². The van der Waals surface area contributed by atoms with Gasteiger partial charge in [0.05, 0.1) is 0 Å². The van der Waals surface area contributed by atoms with Crippen LogP contribution in [0.4, 0.5) is 8.78 Å². The summed E-state index contributed by atoms with van der Waals surface area (Å²) in [7, 11) is 0. The first kappa shape index (κ1) is 7.38. The minimum absolute atomic E-state index is 0.567. The predicted molar refractivity (Wildman–Crippen MR) is 25.5 cm³/mol. The molecule has 0 aliphatic rings. The van der Waals surface area contributed by atoms with Gasteiger partial charge in [-0.3, -0.25) is 0 Å². The van der Waals surface area contributed by atoms with Crippen molar-refractivity contribution in [1.82, 2.24) is 0 Å². The van der Waals surface area contributed by atoms with E-state index in [-0.39, 0.29) is 0 Å². The van der Waals surface area contributed by atoms with Gasteiger partial charge < -0.3 is 5.11 Å². The van der Waals surface area contributed by atoms with Crippen molar-refractivity contribution in [1.29, 1.82) is 0 Å². The molecular weight excluding hydrogens is 114 g/mol. The number of aliphatic hydroxyl groups excluding tert-OH is 1. The maximum absolute atomic E-state index is 11.7. The summed E-state index contributed by atoms with van der Waals surface area (Å²) in [5.74, 6) is -1.66. The lowest BCUT2D eigenvalue weighted by molar-refractivity contribution is -0.0657. The molecule has 3 heteroatoms. The van der Waals surface area contributed by atoms with Gasteiger partial charge in [0.2, 0.25) is 0 Å². The zero-order valence-electron chi connectivity index (χ0n) is 4.36. The van der Waals surface area contributed by atoms with E-state index in [4.69, 9.17) is 5.11 Å². The average molecular weight is 120 g/mol. The lowest BCUT2D eigenvalue weighted by Crippen LogP contribution is -2.27. The lowest BCUT2D eigenvalue weighted by atomic mass is 10.2. The Morgan fingerprint density at radius 2 is 2.12 bits per heavy atom. The largest absolute Gasteiger partial charge is 0.374 e. The van der Waals surface area contributed by atoms with E-state index in [1.165, 1.54) is 5.92 Å². The molecule has 0 saturated heterocycles. The third-order valence-corrected chi connectivity index (χ3v) is 0.638. The van der Waals surface area contributed by atoms with Gasteiger partial charge in [0.1, 0.15) is 0 Å². The van der Waals surface area contributed by atoms with Gasteiger partial charge in [0, 0.05) is 6.92 Å². The first-order valence-corrected chi connectivity index (χ1v) is 2.00. The number of halogens is 2. The normalized spacial score (nSPS) is 14.9. The van der Waals surface area contributed by atoms with Crippen molar-refractivity contribution in [2.45, 2.75) is 19.0 Å². The summed E-state index contributed by atoms with van der Waals surface area (Å²) >= 11 is 0. The Labute approximate surface area is 46.3 Å². The van der Waals surface area contributed by atoms with Crippen LogP contribution in [0.5, 0.6) is 0 Å². The van der Waals surface area contributed by atoms with Gasteiger partial charge in [-0.15, -0.1) is 6.42 Å². The number of rotatable bonds is 1. The molecule has 0 rings (SSSR count). The zero-order chi connectivity index (χ0) is 6.78. The van der Waals surface area contributed by atoms with E-state index in [1.54, 1.807) is 0 Å². The maximum Gasteiger partial charge on any atom is 0.281 e. The van der Waals surface area contributed by atoms with E-state index in [0.29, 0.717) is 6.92 Å². The highest BCUT2D eigenvalue weighted by molar-refractivity contribution is 4.99. The number of terminal acetylenes is 1. The van der Waals surface area contributed by atoms with Gasteiger partial charge in [-0.1, -0.05) is 5.92 Å². The molecular formula is C5H6F2O. The van der Waals surface area contributed by atoms with Crippen molar-refractivity contribution in [3.05, 3.63) is 0 Å². The van der Waals surface area contributed by atoms with Gasteiger partial charge in [-0.05, 0) is 0 Å². The minimum atomic E-state index is -3.17. The third kappa shape index (κ3) is 1.90. The quantitative estimate of drug-likeness (QED) is 0.503. The Balaban J connectivity index is 3.87. The fourth-order valence-electron chi connectivity index (χ4n) is 0.146. The molecule has 1 unspecified atom stereocenters. The highest BCUT2D eigenvalue weighted by Gasteiger charge is 2.30. The van der Waals surface area contributed by atoms with E-state index in [9.17, 15) is 8.78 Å². The molecule has 8 heavy (non-hydrogen) atoms. The molecule has 0 radical (unpaired) electrons. The highest BCUT2D eigenvalue weighted by Crippen LogP contribution is 2.15. The average Bonchev–Trinajstić information content (AvgIpc) is 1.62. The third-order valence-electron chi connectivity index (χ3n) is 0.638. The fraction of sp³-hybridized carbons (Fsp3) is 0.600. The minimum Gasteiger partial charge on any atom is -0.374 e. The molecule has 1 nitrogen and oxygen atoms in total. The standard InChI is InChI=1S/C5H6F2O/c1-3-4(8)5(2,6)7/h1,4,8H,2H3. The molecule has 0 aromatic rings. The van der Waals surface area contributed by atoms with E-state index in [2.05, 4.69) is 6.42 Å². The van der Waals surface area contributed by atoms with Crippen LogP contribution in [0.3, 0.4) is 0 Å². The summed E-state index contributed by atoms with van der Waals surface area (Å²) in [4.78, 5) is 0. The maximum atomic E-state index is 11.7. The summed E-state index contributed by atoms with van der Waals surface area (Å²) in [6.45, 7) is 0.567. The van der Waals surface area contributed by atoms with Crippen LogP contribution in [0.2, 0.25) is 0 Å². The molecule has 0 spiro atoms. The topological polar surface area (TPSA) is 20.2 Å². The second kappa shape index (κ2) is 2.10. The van der Waals surface area contributed by atoms with Crippen LogP contribution in [0.1, 0.15) is 6.92 Å². The SMILES string of the molecule is C#CC(O)C(C)(F)F. The van der Waals surface area contributed by atoms with Crippen LogP contribution in [0.25, 0.3) is 0 Å². The molecule has 1 atom stereocenters. The van der Waals surface area contributed by atoms with Crippen LogP contribution in [-0.4, -0.2) is 17.1 Å². The lowest BCUT2D eigenvalue weighted by Gasteiger charge is -2.10. The Bertz CT molecular complexity index is 109. The van der Waals surface area contributed by atoms with Crippen molar-refractivity contribution in [2.75, 3.05) is 0 Å². The van der Waals surface area contributed by atoms with Crippen LogP contribution < -0.4 is 0 Å². The summed E-state index contributed by atoms with van der Waals surface area (Å²) in [5.41, 5.74) is 0. The summed E-state index contributed by atoms with van der Waals surface area (Å²) in [6, 6.07) is 0. The molecule has 0 amide bonds. The first-order valence-electron chi connectivity index (χ1n) is 2.00. The smallest absolute Gasteiger partial charge is 0.281 e. The van der Waals surface area contributed by atoms with Crippen molar-refractivity contribution in [2.24, 2.45) is 0 Å². The van der Waals surface area contributed by atoms with E-state index in [1.807, 2.05) is 0 Å².